The van der Waals surface area contributed by atoms with Crippen LogP contribution in [0, 0.1) is 0 Å². The van der Waals surface area contributed by atoms with Crippen molar-refractivity contribution in [1.29, 1.82) is 0 Å². The number of nitrogens with zero attached hydrogens (tertiary/aromatic N) is 2. The fraction of sp³-hybridized carbons (Fsp3) is 0.435. The van der Waals surface area contributed by atoms with Gasteiger partial charge in [0.15, 0.2) is 0 Å². The van der Waals surface area contributed by atoms with Crippen molar-refractivity contribution in [3.63, 3.8) is 0 Å². The highest BCUT2D eigenvalue weighted by atomic mass is 32.2. The average molecular weight is 431 g/mol. The van der Waals surface area contributed by atoms with Crippen LogP contribution in [0.3, 0.4) is 0 Å². The molecule has 30 heavy (non-hydrogen) atoms. The number of rotatable bonds is 7. The zero-order valence-corrected chi connectivity index (χ0v) is 18.4. The molecule has 1 aliphatic rings. The summed E-state index contributed by atoms with van der Waals surface area (Å²) in [5.41, 5.74) is 1.35. The highest BCUT2D eigenvalue weighted by Gasteiger charge is 2.30. The lowest BCUT2D eigenvalue weighted by atomic mass is 9.91. The number of carbonyl (C=O) groups excluding carboxylic acids is 1. The van der Waals surface area contributed by atoms with Crippen molar-refractivity contribution >= 4 is 15.9 Å². The molecule has 7 heteroatoms. The summed E-state index contributed by atoms with van der Waals surface area (Å²) in [6.07, 6.45) is 3.07. The molecular formula is C23H30N2O4S. The van der Waals surface area contributed by atoms with Crippen molar-refractivity contribution in [2.45, 2.75) is 56.2 Å². The molecule has 1 fully saturated rings. The number of aliphatic hydroxyl groups excluding tert-OH is 1. The normalized spacial score (nSPS) is 19.6. The minimum atomic E-state index is -3.58. The van der Waals surface area contributed by atoms with Gasteiger partial charge in [0.25, 0.3) is 5.91 Å². The van der Waals surface area contributed by atoms with Gasteiger partial charge in [-0.05, 0) is 42.7 Å². The van der Waals surface area contributed by atoms with E-state index in [0.29, 0.717) is 12.1 Å². The molecule has 1 amide bonds. The fourth-order valence-electron chi connectivity index (χ4n) is 3.96. The van der Waals surface area contributed by atoms with Gasteiger partial charge in [-0.2, -0.15) is 4.31 Å². The minimum absolute atomic E-state index is 0.128. The van der Waals surface area contributed by atoms with Crippen molar-refractivity contribution in [3.05, 3.63) is 65.7 Å². The van der Waals surface area contributed by atoms with E-state index in [4.69, 9.17) is 0 Å². The van der Waals surface area contributed by atoms with Gasteiger partial charge in [-0.3, -0.25) is 4.79 Å². The van der Waals surface area contributed by atoms with Crippen LogP contribution < -0.4 is 0 Å². The van der Waals surface area contributed by atoms with E-state index < -0.39 is 16.1 Å². The molecule has 1 saturated carbocycles. The predicted octanol–water partition coefficient (Wildman–Crippen LogP) is 3.27. The maximum Gasteiger partial charge on any atom is 0.253 e. The monoisotopic (exact) mass is 430 g/mol. The van der Waals surface area contributed by atoms with Crippen molar-refractivity contribution in [2.24, 2.45) is 0 Å². The van der Waals surface area contributed by atoms with Crippen LogP contribution in [0.5, 0.6) is 0 Å². The molecule has 0 radical (unpaired) electrons. The first kappa shape index (κ1) is 22.5. The molecule has 0 heterocycles. The fourth-order valence-corrected chi connectivity index (χ4v) is 5.42. The zero-order chi connectivity index (χ0) is 21.7. The van der Waals surface area contributed by atoms with Crippen LogP contribution in [0.25, 0.3) is 0 Å². The molecule has 3 rings (SSSR count). The van der Waals surface area contributed by atoms with Crippen LogP contribution in [0.1, 0.15) is 48.5 Å². The van der Waals surface area contributed by atoms with E-state index in [-0.39, 0.29) is 23.4 Å². The van der Waals surface area contributed by atoms with Gasteiger partial charge in [-0.15, -0.1) is 0 Å². The Labute approximate surface area is 179 Å². The first-order chi connectivity index (χ1) is 14.3. The van der Waals surface area contributed by atoms with Crippen molar-refractivity contribution < 1.29 is 18.3 Å². The maximum atomic E-state index is 12.9. The molecule has 0 unspecified atom stereocenters. The first-order valence-electron chi connectivity index (χ1n) is 10.4. The van der Waals surface area contributed by atoms with Gasteiger partial charge in [0.2, 0.25) is 10.0 Å². The van der Waals surface area contributed by atoms with Gasteiger partial charge < -0.3 is 10.0 Å². The molecule has 0 spiro atoms. The molecular weight excluding hydrogens is 400 g/mol. The predicted molar refractivity (Wildman–Crippen MR) is 117 cm³/mol. The van der Waals surface area contributed by atoms with Crippen LogP contribution in [0.4, 0.5) is 0 Å². The molecule has 2 atom stereocenters. The standard InChI is InChI=1S/C23H30N2O4S/c1-3-25(30(28,29)20-9-5-4-6-10-20)17-18-13-15-19(16-14-18)23(27)24(2)21-11-7-8-12-22(21)26/h4-6,9-10,13-16,21-22,26H,3,7-8,11-12,17H2,1-2H3/t21-,22-/m1/s1. The number of carbonyl (C=O) groups is 1. The third-order valence-electron chi connectivity index (χ3n) is 5.81. The molecule has 2 aromatic rings. The maximum absolute atomic E-state index is 12.9. The van der Waals surface area contributed by atoms with E-state index in [9.17, 15) is 18.3 Å². The Morgan fingerprint density at radius 3 is 2.27 bits per heavy atom. The number of sulfonamides is 1. The highest BCUT2D eigenvalue weighted by Crippen LogP contribution is 2.24. The minimum Gasteiger partial charge on any atom is -0.391 e. The van der Waals surface area contributed by atoms with E-state index in [0.717, 1.165) is 31.2 Å². The van der Waals surface area contributed by atoms with Crippen molar-refractivity contribution in [1.82, 2.24) is 9.21 Å². The molecule has 162 valence electrons. The summed E-state index contributed by atoms with van der Waals surface area (Å²) in [5, 5.41) is 10.2. The number of amides is 1. The molecule has 0 aliphatic heterocycles. The molecule has 2 aromatic carbocycles. The van der Waals surface area contributed by atoms with E-state index in [2.05, 4.69) is 0 Å². The van der Waals surface area contributed by atoms with Crippen molar-refractivity contribution in [3.8, 4) is 0 Å². The Balaban J connectivity index is 1.71. The first-order valence-corrected chi connectivity index (χ1v) is 11.9. The quantitative estimate of drug-likeness (QED) is 0.731. The Morgan fingerprint density at radius 2 is 1.67 bits per heavy atom. The molecule has 0 saturated heterocycles. The van der Waals surface area contributed by atoms with E-state index in [1.54, 1.807) is 66.5 Å². The third-order valence-corrected chi connectivity index (χ3v) is 7.74. The smallest absolute Gasteiger partial charge is 0.253 e. The number of likely N-dealkylation sites (N-methyl/N-ethyl adjacent to an activating group) is 1. The molecule has 1 N–H and O–H groups in total. The number of hydrogen-bond acceptors (Lipinski definition) is 4. The summed E-state index contributed by atoms with van der Waals surface area (Å²) in [5.74, 6) is -0.128. The molecule has 6 nitrogen and oxygen atoms in total. The summed E-state index contributed by atoms with van der Waals surface area (Å²) < 4.78 is 27.2. The Kier molecular flexibility index (Phi) is 7.28. The average Bonchev–Trinajstić information content (AvgIpc) is 2.77. The molecule has 0 aromatic heterocycles. The van der Waals surface area contributed by atoms with Crippen LogP contribution in [0.2, 0.25) is 0 Å². The summed E-state index contributed by atoms with van der Waals surface area (Å²) in [6.45, 7) is 2.39. The molecule has 1 aliphatic carbocycles. The topological polar surface area (TPSA) is 77.9 Å². The van der Waals surface area contributed by atoms with Crippen LogP contribution >= 0.6 is 0 Å². The lowest BCUT2D eigenvalue weighted by Crippen LogP contribution is -2.46. The van der Waals surface area contributed by atoms with E-state index >= 15 is 0 Å². The summed E-state index contributed by atoms with van der Waals surface area (Å²) in [4.78, 5) is 14.7. The lowest BCUT2D eigenvalue weighted by Gasteiger charge is -2.35. The van der Waals surface area contributed by atoms with Crippen LogP contribution in [-0.4, -0.2) is 54.4 Å². The summed E-state index contributed by atoms with van der Waals surface area (Å²) in [7, 11) is -1.84. The zero-order valence-electron chi connectivity index (χ0n) is 17.6. The van der Waals surface area contributed by atoms with Crippen LogP contribution in [0.15, 0.2) is 59.5 Å². The van der Waals surface area contributed by atoms with Crippen molar-refractivity contribution in [2.75, 3.05) is 13.6 Å². The van der Waals surface area contributed by atoms with Gasteiger partial charge in [0, 0.05) is 25.7 Å². The third kappa shape index (κ3) is 4.91. The van der Waals surface area contributed by atoms with Gasteiger partial charge in [0.05, 0.1) is 17.0 Å². The van der Waals surface area contributed by atoms with Crippen LogP contribution in [-0.2, 0) is 16.6 Å². The Bertz CT molecular complexity index is 945. The number of benzene rings is 2. The highest BCUT2D eigenvalue weighted by molar-refractivity contribution is 7.89. The second-order valence-corrected chi connectivity index (χ2v) is 9.71. The number of aliphatic hydroxyl groups is 1. The summed E-state index contributed by atoms with van der Waals surface area (Å²) >= 11 is 0. The second kappa shape index (κ2) is 9.73. The largest absolute Gasteiger partial charge is 0.391 e. The van der Waals surface area contributed by atoms with E-state index in [1.807, 2.05) is 6.92 Å². The Morgan fingerprint density at radius 1 is 1.03 bits per heavy atom. The SMILES string of the molecule is CCN(Cc1ccc(C(=O)N(C)[C@@H]2CCCC[C@H]2O)cc1)S(=O)(=O)c1ccccc1. The van der Waals surface area contributed by atoms with Gasteiger partial charge in [-0.25, -0.2) is 8.42 Å². The second-order valence-electron chi connectivity index (χ2n) is 7.78. The van der Waals surface area contributed by atoms with Gasteiger partial charge in [0.1, 0.15) is 0 Å². The Hall–Kier alpha value is -2.22. The van der Waals surface area contributed by atoms with Gasteiger partial charge in [-0.1, -0.05) is 50.1 Å². The number of hydrogen-bond donors (Lipinski definition) is 1. The lowest BCUT2D eigenvalue weighted by molar-refractivity contribution is 0.0268. The summed E-state index contributed by atoms with van der Waals surface area (Å²) in [6, 6.07) is 15.3. The molecule has 0 bridgehead atoms. The van der Waals surface area contributed by atoms with E-state index in [1.165, 1.54) is 4.31 Å². The van der Waals surface area contributed by atoms with Gasteiger partial charge >= 0.3 is 0 Å².